The fraction of sp³-hybridized carbons (Fsp3) is 0. The lowest BCUT2D eigenvalue weighted by Crippen LogP contribution is -2.13. The lowest BCUT2D eigenvalue weighted by Gasteiger charge is -2.06. The maximum Gasteiger partial charge on any atom is 0.311 e. The second-order valence-electron chi connectivity index (χ2n) is 5.69. The second kappa shape index (κ2) is 7.37. The molecule has 3 aromatic carbocycles. The quantitative estimate of drug-likeness (QED) is 0.316. The number of nitrogens with zero attached hydrogens (tertiary/aromatic N) is 2. The van der Waals surface area contributed by atoms with E-state index in [0.717, 1.165) is 22.9 Å². The molecule has 3 aromatic rings. The number of rotatable bonds is 4. The molecule has 0 fully saturated rings. The number of benzene rings is 3. The molecule has 132 valence electrons. The monoisotopic (exact) mass is 359 g/mol. The zero-order chi connectivity index (χ0) is 19.4. The second-order valence-corrected chi connectivity index (χ2v) is 5.69. The summed E-state index contributed by atoms with van der Waals surface area (Å²) in [6, 6.07) is 18.4. The Labute approximate surface area is 153 Å². The number of phenols is 1. The van der Waals surface area contributed by atoms with Crippen LogP contribution < -0.4 is 5.32 Å². The van der Waals surface area contributed by atoms with Gasteiger partial charge in [0.2, 0.25) is 0 Å². The number of amides is 1. The van der Waals surface area contributed by atoms with E-state index < -0.39 is 22.3 Å². The number of nitrogens with one attached hydrogen (secondary N) is 1. The Morgan fingerprint density at radius 2 is 1.85 bits per heavy atom. The third kappa shape index (κ3) is 3.91. The summed E-state index contributed by atoms with van der Waals surface area (Å²) in [4.78, 5) is 22.5. The molecule has 0 aliphatic carbocycles. The maximum atomic E-state index is 12.4. The molecule has 1 amide bonds. The molecule has 0 heterocycles. The van der Waals surface area contributed by atoms with Crippen LogP contribution in [0.1, 0.15) is 5.56 Å². The lowest BCUT2D eigenvalue weighted by molar-refractivity contribution is -0.385. The van der Waals surface area contributed by atoms with E-state index in [1.165, 1.54) is 12.1 Å². The fourth-order valence-corrected chi connectivity index (χ4v) is 2.56. The molecule has 0 aliphatic rings. The largest absolute Gasteiger partial charge is 0.502 e. The van der Waals surface area contributed by atoms with E-state index in [9.17, 15) is 25.3 Å². The minimum atomic E-state index is -0.742. The Morgan fingerprint density at radius 1 is 1.11 bits per heavy atom. The van der Waals surface area contributed by atoms with Crippen LogP contribution in [0.4, 0.5) is 11.4 Å². The molecule has 7 heteroatoms. The molecule has 0 spiro atoms. The van der Waals surface area contributed by atoms with E-state index in [-0.39, 0.29) is 11.1 Å². The van der Waals surface area contributed by atoms with Crippen molar-refractivity contribution >= 4 is 34.1 Å². The van der Waals surface area contributed by atoms with Gasteiger partial charge < -0.3 is 10.4 Å². The number of nitriles is 1. The number of hydrogen-bond acceptors (Lipinski definition) is 5. The highest BCUT2D eigenvalue weighted by Gasteiger charge is 2.15. The van der Waals surface area contributed by atoms with Gasteiger partial charge in [-0.3, -0.25) is 14.9 Å². The van der Waals surface area contributed by atoms with Gasteiger partial charge in [-0.25, -0.2) is 0 Å². The maximum absolute atomic E-state index is 12.4. The van der Waals surface area contributed by atoms with Gasteiger partial charge >= 0.3 is 5.69 Å². The van der Waals surface area contributed by atoms with Gasteiger partial charge in [-0.1, -0.05) is 36.4 Å². The van der Waals surface area contributed by atoms with Crippen LogP contribution in [0, 0.1) is 21.4 Å². The van der Waals surface area contributed by atoms with Crippen molar-refractivity contribution in [1.82, 2.24) is 0 Å². The minimum Gasteiger partial charge on any atom is -0.502 e. The fourth-order valence-electron chi connectivity index (χ4n) is 2.56. The highest BCUT2D eigenvalue weighted by Crippen LogP contribution is 2.27. The third-order valence-corrected chi connectivity index (χ3v) is 3.88. The standard InChI is InChI=1S/C20H13N3O4/c21-12-16(9-13-5-8-19(24)18(10-13)23(26)27)20(25)22-17-7-6-14-3-1-2-4-15(14)11-17/h1-11,24H,(H,22,25). The first-order chi connectivity index (χ1) is 13.0. The van der Waals surface area contributed by atoms with Gasteiger partial charge in [-0.05, 0) is 40.6 Å². The molecular formula is C20H13N3O4. The van der Waals surface area contributed by atoms with E-state index >= 15 is 0 Å². The molecule has 0 saturated heterocycles. The van der Waals surface area contributed by atoms with Crippen molar-refractivity contribution < 1.29 is 14.8 Å². The zero-order valence-corrected chi connectivity index (χ0v) is 13.9. The van der Waals surface area contributed by atoms with Crippen molar-refractivity contribution in [2.45, 2.75) is 0 Å². The predicted octanol–water partition coefficient (Wildman–Crippen LogP) is 4.00. The van der Waals surface area contributed by atoms with Crippen molar-refractivity contribution in [1.29, 1.82) is 5.26 Å². The number of nitro groups is 1. The molecule has 0 bridgehead atoms. The van der Waals surface area contributed by atoms with Crippen molar-refractivity contribution in [2.24, 2.45) is 0 Å². The third-order valence-electron chi connectivity index (χ3n) is 3.88. The Morgan fingerprint density at radius 3 is 2.56 bits per heavy atom. The average Bonchev–Trinajstić information content (AvgIpc) is 2.66. The van der Waals surface area contributed by atoms with Crippen molar-refractivity contribution in [2.75, 3.05) is 5.32 Å². The molecule has 2 N–H and O–H groups in total. The van der Waals surface area contributed by atoms with Crippen LogP contribution >= 0.6 is 0 Å². The summed E-state index contributed by atoms with van der Waals surface area (Å²) in [5.41, 5.74) is 0.0559. The number of fused-ring (bicyclic) bond motifs is 1. The first-order valence-electron chi connectivity index (χ1n) is 7.87. The van der Waals surface area contributed by atoms with Crippen LogP contribution in [0.3, 0.4) is 0 Å². The first-order valence-corrected chi connectivity index (χ1v) is 7.87. The van der Waals surface area contributed by atoms with Crippen LogP contribution in [0.5, 0.6) is 5.75 Å². The van der Waals surface area contributed by atoms with E-state index in [2.05, 4.69) is 5.32 Å². The Kier molecular flexibility index (Phi) is 4.82. The van der Waals surface area contributed by atoms with E-state index in [4.69, 9.17) is 0 Å². The smallest absolute Gasteiger partial charge is 0.311 e. The van der Waals surface area contributed by atoms with Gasteiger partial charge in [0.05, 0.1) is 4.92 Å². The molecule has 7 nitrogen and oxygen atoms in total. The van der Waals surface area contributed by atoms with E-state index in [1.807, 2.05) is 30.3 Å². The summed E-state index contributed by atoms with van der Waals surface area (Å²) in [5.74, 6) is -1.13. The summed E-state index contributed by atoms with van der Waals surface area (Å²) in [6.45, 7) is 0. The molecule has 3 rings (SSSR count). The highest BCUT2D eigenvalue weighted by molar-refractivity contribution is 6.10. The average molecular weight is 359 g/mol. The van der Waals surface area contributed by atoms with Gasteiger partial charge in [-0.2, -0.15) is 5.26 Å². The van der Waals surface area contributed by atoms with Gasteiger partial charge in [0.15, 0.2) is 5.75 Å². The molecule has 0 radical (unpaired) electrons. The number of carbonyl (C=O) groups is 1. The van der Waals surface area contributed by atoms with Crippen molar-refractivity contribution in [3.63, 3.8) is 0 Å². The van der Waals surface area contributed by atoms with Crippen LogP contribution in [0.15, 0.2) is 66.2 Å². The summed E-state index contributed by atoms with van der Waals surface area (Å²) >= 11 is 0. The van der Waals surface area contributed by atoms with E-state index in [1.54, 1.807) is 18.2 Å². The molecule has 0 aromatic heterocycles. The van der Waals surface area contributed by atoms with Crippen LogP contribution in [-0.2, 0) is 4.79 Å². The summed E-state index contributed by atoms with van der Waals surface area (Å²) in [5, 5.41) is 34.2. The lowest BCUT2D eigenvalue weighted by atomic mass is 10.1. The van der Waals surface area contributed by atoms with Crippen LogP contribution in [0.25, 0.3) is 16.8 Å². The number of aromatic hydroxyl groups is 1. The summed E-state index contributed by atoms with van der Waals surface area (Å²) < 4.78 is 0. The topological polar surface area (TPSA) is 116 Å². The predicted molar refractivity (Wildman–Crippen MR) is 101 cm³/mol. The van der Waals surface area contributed by atoms with Gasteiger partial charge in [-0.15, -0.1) is 0 Å². The number of carbonyl (C=O) groups excluding carboxylic acids is 1. The number of hydrogen-bond donors (Lipinski definition) is 2. The van der Waals surface area contributed by atoms with Crippen LogP contribution in [0.2, 0.25) is 0 Å². The first kappa shape index (κ1) is 17.6. The van der Waals surface area contributed by atoms with E-state index in [0.29, 0.717) is 5.69 Å². The number of anilines is 1. The Hall–Kier alpha value is -4.18. The Balaban J connectivity index is 1.87. The molecule has 0 atom stereocenters. The summed E-state index contributed by atoms with van der Waals surface area (Å²) in [7, 11) is 0. The molecule has 0 aliphatic heterocycles. The van der Waals surface area contributed by atoms with Crippen LogP contribution in [-0.4, -0.2) is 15.9 Å². The highest BCUT2D eigenvalue weighted by atomic mass is 16.6. The molecule has 27 heavy (non-hydrogen) atoms. The molecule has 0 saturated carbocycles. The summed E-state index contributed by atoms with van der Waals surface area (Å²) in [6.07, 6.45) is 1.23. The zero-order valence-electron chi connectivity index (χ0n) is 13.9. The van der Waals surface area contributed by atoms with Gasteiger partial charge in [0, 0.05) is 11.8 Å². The van der Waals surface area contributed by atoms with Crippen molar-refractivity contribution in [3.05, 3.63) is 81.9 Å². The SMILES string of the molecule is N#CC(=Cc1ccc(O)c([N+](=O)[O-])c1)C(=O)Nc1ccc2ccccc2c1. The molecule has 0 unspecified atom stereocenters. The minimum absolute atomic E-state index is 0.219. The number of nitro benzene ring substituents is 1. The van der Waals surface area contributed by atoms with Gasteiger partial charge in [0.25, 0.3) is 5.91 Å². The normalized spacial score (nSPS) is 11.0. The van der Waals surface area contributed by atoms with Crippen molar-refractivity contribution in [3.8, 4) is 11.8 Å². The Bertz CT molecular complexity index is 1130. The number of phenolic OH excluding ortho intramolecular Hbond substituents is 1. The molecular weight excluding hydrogens is 346 g/mol. The van der Waals surface area contributed by atoms with Gasteiger partial charge in [0.1, 0.15) is 11.6 Å².